The topological polar surface area (TPSA) is 93.6 Å². The monoisotopic (exact) mass is 231 g/mol. The Kier molecular flexibility index (Phi) is 2.13. The van der Waals surface area contributed by atoms with Gasteiger partial charge < -0.3 is 16.5 Å². The van der Waals surface area contributed by atoms with Crippen LogP contribution in [0.15, 0.2) is 12.1 Å². The van der Waals surface area contributed by atoms with Crippen molar-refractivity contribution in [2.45, 2.75) is 37.6 Å². The van der Waals surface area contributed by atoms with Gasteiger partial charge in [-0.2, -0.15) is 0 Å². The van der Waals surface area contributed by atoms with Gasteiger partial charge in [0.15, 0.2) is 5.65 Å². The Morgan fingerprint density at radius 3 is 2.94 bits per heavy atom. The third-order valence-corrected chi connectivity index (χ3v) is 3.94. The van der Waals surface area contributed by atoms with Crippen LogP contribution in [0.4, 0.5) is 5.82 Å². The number of rotatable bonds is 1. The predicted octanol–water partition coefficient (Wildman–Crippen LogP) is 1.31. The molecule has 5 nitrogen and oxygen atoms in total. The van der Waals surface area contributed by atoms with E-state index >= 15 is 0 Å². The van der Waals surface area contributed by atoms with E-state index in [2.05, 4.69) is 21.9 Å². The van der Waals surface area contributed by atoms with Gasteiger partial charge in [-0.1, -0.05) is 13.3 Å². The Bertz CT molecular complexity index is 561. The van der Waals surface area contributed by atoms with Crippen LogP contribution >= 0.6 is 0 Å². The molecule has 3 rings (SSSR count). The van der Waals surface area contributed by atoms with E-state index in [9.17, 15) is 0 Å². The van der Waals surface area contributed by atoms with Gasteiger partial charge in [-0.3, -0.25) is 0 Å². The fraction of sp³-hybridized carbons (Fsp3) is 0.500. The Labute approximate surface area is 99.6 Å². The first-order valence-electron chi connectivity index (χ1n) is 5.98. The molecule has 1 fully saturated rings. The molecule has 2 atom stereocenters. The van der Waals surface area contributed by atoms with Gasteiger partial charge in [0.1, 0.15) is 11.6 Å². The van der Waals surface area contributed by atoms with Crippen LogP contribution in [0.2, 0.25) is 0 Å². The van der Waals surface area contributed by atoms with Gasteiger partial charge in [0.25, 0.3) is 0 Å². The summed E-state index contributed by atoms with van der Waals surface area (Å²) >= 11 is 0. The Balaban J connectivity index is 2.12. The van der Waals surface area contributed by atoms with Crippen LogP contribution in [0.3, 0.4) is 0 Å². The highest BCUT2D eigenvalue weighted by atomic mass is 15.0. The maximum Gasteiger partial charge on any atom is 0.179 e. The second-order valence-electron chi connectivity index (χ2n) is 5.11. The fourth-order valence-corrected chi connectivity index (χ4v) is 2.66. The molecule has 1 aliphatic rings. The lowest BCUT2D eigenvalue weighted by Gasteiger charge is -2.26. The Morgan fingerprint density at radius 2 is 2.24 bits per heavy atom. The van der Waals surface area contributed by atoms with Gasteiger partial charge in [-0.05, 0) is 25.0 Å². The van der Waals surface area contributed by atoms with Crippen LogP contribution in [0, 0.1) is 0 Å². The second kappa shape index (κ2) is 3.43. The minimum atomic E-state index is -0.0601. The van der Waals surface area contributed by atoms with Gasteiger partial charge >= 0.3 is 0 Å². The van der Waals surface area contributed by atoms with Gasteiger partial charge in [0.2, 0.25) is 0 Å². The van der Waals surface area contributed by atoms with Gasteiger partial charge in [-0.25, -0.2) is 9.97 Å². The summed E-state index contributed by atoms with van der Waals surface area (Å²) in [5.41, 5.74) is 13.4. The molecule has 0 saturated heterocycles. The normalized spacial score (nSPS) is 28.9. The number of H-pyrrole nitrogens is 1. The minimum absolute atomic E-state index is 0.0601. The van der Waals surface area contributed by atoms with Crippen LogP contribution < -0.4 is 11.5 Å². The van der Waals surface area contributed by atoms with E-state index in [1.807, 2.05) is 6.07 Å². The lowest BCUT2D eigenvalue weighted by molar-refractivity contribution is 0.409. The molecule has 0 bridgehead atoms. The number of aromatic amines is 1. The minimum Gasteiger partial charge on any atom is -0.384 e. The van der Waals surface area contributed by atoms with E-state index in [1.54, 1.807) is 6.07 Å². The van der Waals surface area contributed by atoms with Gasteiger partial charge in [0, 0.05) is 11.5 Å². The summed E-state index contributed by atoms with van der Waals surface area (Å²) in [5.74, 6) is 1.44. The second-order valence-corrected chi connectivity index (χ2v) is 5.11. The average Bonchev–Trinajstić information content (AvgIpc) is 2.84. The van der Waals surface area contributed by atoms with Crippen molar-refractivity contribution in [3.63, 3.8) is 0 Å². The molecule has 2 heterocycles. The van der Waals surface area contributed by atoms with Crippen LogP contribution in [0.5, 0.6) is 0 Å². The molecule has 0 amide bonds. The molecule has 2 unspecified atom stereocenters. The van der Waals surface area contributed by atoms with Crippen LogP contribution in [0.25, 0.3) is 11.2 Å². The lowest BCUT2D eigenvalue weighted by atomic mass is 9.84. The number of aromatic nitrogens is 3. The number of imidazole rings is 1. The summed E-state index contributed by atoms with van der Waals surface area (Å²) in [7, 11) is 0. The maximum absolute atomic E-state index is 6.19. The number of nitrogens with zero attached hydrogens (tertiary/aromatic N) is 2. The molecular formula is C12H17N5. The van der Waals surface area contributed by atoms with Crippen molar-refractivity contribution in [2.24, 2.45) is 5.73 Å². The highest BCUT2D eigenvalue weighted by molar-refractivity contribution is 5.72. The maximum atomic E-state index is 6.19. The van der Waals surface area contributed by atoms with Crippen molar-refractivity contribution < 1.29 is 0 Å². The number of anilines is 1. The highest BCUT2D eigenvalue weighted by Gasteiger charge is 2.40. The molecule has 0 aromatic carbocycles. The number of fused-ring (bicyclic) bond motifs is 1. The van der Waals surface area contributed by atoms with Gasteiger partial charge in [0.05, 0.1) is 5.52 Å². The zero-order valence-corrected chi connectivity index (χ0v) is 9.90. The van der Waals surface area contributed by atoms with Crippen molar-refractivity contribution in [2.75, 3.05) is 5.73 Å². The average molecular weight is 231 g/mol. The first-order valence-corrected chi connectivity index (χ1v) is 5.98. The summed E-state index contributed by atoms with van der Waals surface area (Å²) in [6.45, 7) is 2.17. The molecule has 5 N–H and O–H groups in total. The molecule has 17 heavy (non-hydrogen) atoms. The number of nitrogen functional groups attached to an aromatic ring is 1. The van der Waals surface area contributed by atoms with E-state index in [0.29, 0.717) is 11.5 Å². The molecule has 5 heteroatoms. The third-order valence-electron chi connectivity index (χ3n) is 3.94. The largest absolute Gasteiger partial charge is 0.384 e. The molecule has 1 aliphatic carbocycles. The number of nitrogens with one attached hydrogen (secondary N) is 1. The third kappa shape index (κ3) is 1.50. The summed E-state index contributed by atoms with van der Waals surface area (Å²) in [5, 5.41) is 0. The zero-order valence-electron chi connectivity index (χ0n) is 9.90. The highest BCUT2D eigenvalue weighted by Crippen LogP contribution is 2.38. The van der Waals surface area contributed by atoms with Crippen molar-refractivity contribution in [3.05, 3.63) is 18.0 Å². The van der Waals surface area contributed by atoms with E-state index in [4.69, 9.17) is 11.5 Å². The van der Waals surface area contributed by atoms with Crippen LogP contribution in [-0.4, -0.2) is 21.0 Å². The summed E-state index contributed by atoms with van der Waals surface area (Å²) < 4.78 is 0. The summed E-state index contributed by atoms with van der Waals surface area (Å²) in [6, 6.07) is 3.86. The lowest BCUT2D eigenvalue weighted by Crippen LogP contribution is -2.39. The van der Waals surface area contributed by atoms with Crippen molar-refractivity contribution >= 4 is 17.0 Å². The molecule has 2 aromatic rings. The molecule has 0 spiro atoms. The van der Waals surface area contributed by atoms with E-state index in [0.717, 1.165) is 30.6 Å². The van der Waals surface area contributed by atoms with Crippen molar-refractivity contribution in [3.8, 4) is 0 Å². The van der Waals surface area contributed by atoms with Crippen molar-refractivity contribution in [1.29, 1.82) is 0 Å². The predicted molar refractivity (Wildman–Crippen MR) is 67.5 cm³/mol. The van der Waals surface area contributed by atoms with Crippen LogP contribution in [0.1, 0.15) is 32.0 Å². The number of hydrogen-bond donors (Lipinski definition) is 3. The number of nitrogens with two attached hydrogens (primary N) is 2. The SMILES string of the molecule is CC1(c2nc3nc(N)ccc3[nH]2)CCCC1N. The summed E-state index contributed by atoms with van der Waals surface area (Å²) in [6.07, 6.45) is 3.29. The van der Waals surface area contributed by atoms with E-state index in [-0.39, 0.29) is 11.5 Å². The van der Waals surface area contributed by atoms with E-state index in [1.165, 1.54) is 0 Å². The standard InChI is InChI=1S/C12H17N5/c1-12(6-2-3-8(12)13)11-15-7-4-5-9(14)16-10(7)17-11/h4-5,8H,2-3,6,13H2,1H3,(H3,14,15,16,17). The Hall–Kier alpha value is -1.62. The number of pyridine rings is 1. The van der Waals surface area contributed by atoms with Crippen LogP contribution in [-0.2, 0) is 5.41 Å². The molecule has 2 aromatic heterocycles. The quantitative estimate of drug-likeness (QED) is 0.689. The molecular weight excluding hydrogens is 214 g/mol. The first kappa shape index (κ1) is 10.5. The fourth-order valence-electron chi connectivity index (χ4n) is 2.66. The van der Waals surface area contributed by atoms with Crippen molar-refractivity contribution in [1.82, 2.24) is 15.0 Å². The van der Waals surface area contributed by atoms with E-state index < -0.39 is 0 Å². The molecule has 1 saturated carbocycles. The Morgan fingerprint density at radius 1 is 1.41 bits per heavy atom. The zero-order chi connectivity index (χ0) is 12.0. The smallest absolute Gasteiger partial charge is 0.179 e. The number of hydrogen-bond acceptors (Lipinski definition) is 4. The molecule has 90 valence electrons. The summed E-state index contributed by atoms with van der Waals surface area (Å²) in [4.78, 5) is 12.1. The first-order chi connectivity index (χ1) is 8.09. The molecule has 0 radical (unpaired) electrons. The molecule has 0 aliphatic heterocycles. The van der Waals surface area contributed by atoms with Gasteiger partial charge in [-0.15, -0.1) is 0 Å².